The van der Waals surface area contributed by atoms with Crippen LogP contribution in [0, 0.1) is 0 Å². The van der Waals surface area contributed by atoms with Crippen LogP contribution < -0.4 is 4.74 Å². The molecule has 2 heterocycles. The highest BCUT2D eigenvalue weighted by molar-refractivity contribution is 6.14. The zero-order valence-corrected chi connectivity index (χ0v) is 8.34. The number of ether oxygens (including phenoxy) is 1. The van der Waals surface area contributed by atoms with Gasteiger partial charge in [-0.2, -0.15) is 0 Å². The fourth-order valence-electron chi connectivity index (χ4n) is 1.64. The van der Waals surface area contributed by atoms with Gasteiger partial charge in [0.05, 0.1) is 11.8 Å². The van der Waals surface area contributed by atoms with Gasteiger partial charge < -0.3 is 9.15 Å². The third kappa shape index (κ3) is 1.34. The van der Waals surface area contributed by atoms with E-state index in [4.69, 9.17) is 9.15 Å². The lowest BCUT2D eigenvalue weighted by Crippen LogP contribution is -1.97. The molecule has 0 amide bonds. The van der Waals surface area contributed by atoms with Gasteiger partial charge >= 0.3 is 0 Å². The average Bonchev–Trinajstić information content (AvgIpc) is 2.90. The highest BCUT2D eigenvalue weighted by Crippen LogP contribution is 2.31. The quantitative estimate of drug-likeness (QED) is 0.682. The highest BCUT2D eigenvalue weighted by Gasteiger charge is 2.26. The van der Waals surface area contributed by atoms with E-state index >= 15 is 0 Å². The van der Waals surface area contributed by atoms with Gasteiger partial charge in [0.1, 0.15) is 11.5 Å². The Labute approximate surface area is 92.0 Å². The zero-order valence-electron chi connectivity index (χ0n) is 8.34. The monoisotopic (exact) mass is 212 g/mol. The molecule has 1 aromatic carbocycles. The molecular weight excluding hydrogens is 204 g/mol. The molecule has 0 radical (unpaired) electrons. The normalized spacial score (nSPS) is 16.2. The van der Waals surface area contributed by atoms with Crippen LogP contribution in [-0.2, 0) is 0 Å². The molecule has 0 bridgehead atoms. The van der Waals surface area contributed by atoms with Crippen molar-refractivity contribution in [2.75, 3.05) is 0 Å². The Kier molecular flexibility index (Phi) is 1.90. The maximum Gasteiger partial charge on any atom is 0.232 e. The van der Waals surface area contributed by atoms with E-state index in [1.165, 1.54) is 0 Å². The molecule has 1 aromatic heterocycles. The van der Waals surface area contributed by atoms with Crippen molar-refractivity contribution in [3.05, 3.63) is 59.7 Å². The Morgan fingerprint density at radius 2 is 1.94 bits per heavy atom. The van der Waals surface area contributed by atoms with Gasteiger partial charge in [-0.25, -0.2) is 0 Å². The summed E-state index contributed by atoms with van der Waals surface area (Å²) in [6.07, 6.45) is 3.15. The number of ketones is 1. The molecule has 3 heteroatoms. The maximum atomic E-state index is 11.9. The van der Waals surface area contributed by atoms with Crippen LogP contribution in [-0.4, -0.2) is 5.78 Å². The second-order valence-electron chi connectivity index (χ2n) is 3.45. The predicted octanol–water partition coefficient (Wildman–Crippen LogP) is 2.90. The summed E-state index contributed by atoms with van der Waals surface area (Å²) in [5, 5.41) is 0. The fraction of sp³-hybridized carbons (Fsp3) is 0. The number of para-hydroxylation sites is 1. The minimum atomic E-state index is -0.105. The van der Waals surface area contributed by atoms with Crippen molar-refractivity contribution in [3.63, 3.8) is 0 Å². The van der Waals surface area contributed by atoms with Crippen molar-refractivity contribution < 1.29 is 13.9 Å². The first-order chi connectivity index (χ1) is 7.84. The van der Waals surface area contributed by atoms with Crippen molar-refractivity contribution in [1.82, 2.24) is 0 Å². The molecule has 0 N–H and O–H groups in total. The lowest BCUT2D eigenvalue weighted by Gasteiger charge is -1.95. The molecule has 3 rings (SSSR count). The number of benzene rings is 1. The highest BCUT2D eigenvalue weighted by atomic mass is 16.5. The van der Waals surface area contributed by atoms with Crippen LogP contribution in [0.5, 0.6) is 5.75 Å². The average molecular weight is 212 g/mol. The van der Waals surface area contributed by atoms with Crippen molar-refractivity contribution >= 4 is 11.9 Å². The molecule has 0 fully saturated rings. The topological polar surface area (TPSA) is 39.4 Å². The minimum Gasteiger partial charge on any atom is -0.465 e. The van der Waals surface area contributed by atoms with E-state index < -0.39 is 0 Å². The Morgan fingerprint density at radius 1 is 1.06 bits per heavy atom. The smallest absolute Gasteiger partial charge is 0.232 e. The molecule has 1 aliphatic heterocycles. The maximum absolute atomic E-state index is 11.9. The van der Waals surface area contributed by atoms with E-state index in [-0.39, 0.29) is 5.78 Å². The molecule has 2 aromatic rings. The van der Waals surface area contributed by atoms with E-state index in [0.717, 1.165) is 0 Å². The van der Waals surface area contributed by atoms with Gasteiger partial charge in [-0.05, 0) is 24.3 Å². The molecule has 0 spiro atoms. The van der Waals surface area contributed by atoms with Crippen molar-refractivity contribution in [2.45, 2.75) is 0 Å². The number of rotatable bonds is 1. The molecule has 0 atom stereocenters. The first kappa shape index (κ1) is 8.97. The summed E-state index contributed by atoms with van der Waals surface area (Å²) in [6, 6.07) is 10.7. The van der Waals surface area contributed by atoms with Gasteiger partial charge in [-0.3, -0.25) is 4.79 Å². The molecule has 0 saturated carbocycles. The number of allylic oxidation sites excluding steroid dienone is 1. The summed E-state index contributed by atoms with van der Waals surface area (Å²) in [6.45, 7) is 0. The Balaban J connectivity index is 2.02. The second kappa shape index (κ2) is 3.38. The van der Waals surface area contributed by atoms with Gasteiger partial charge in [0.2, 0.25) is 5.78 Å². The number of carbonyl (C=O) groups is 1. The molecular formula is C13H8O3. The summed E-state index contributed by atoms with van der Waals surface area (Å²) >= 11 is 0. The standard InChI is InChI=1S/C13H8O3/c14-13-10-5-1-2-6-11(10)16-12(13)8-9-4-3-7-15-9/h1-8H/b12-8+. The van der Waals surface area contributed by atoms with Crippen molar-refractivity contribution in [3.8, 4) is 5.75 Å². The molecule has 78 valence electrons. The van der Waals surface area contributed by atoms with Crippen LogP contribution in [0.1, 0.15) is 16.1 Å². The molecule has 1 aliphatic rings. The number of carbonyl (C=O) groups excluding carboxylic acids is 1. The van der Waals surface area contributed by atoms with E-state index in [9.17, 15) is 4.79 Å². The van der Waals surface area contributed by atoms with Crippen molar-refractivity contribution in [2.24, 2.45) is 0 Å². The van der Waals surface area contributed by atoms with Gasteiger partial charge in [-0.15, -0.1) is 0 Å². The van der Waals surface area contributed by atoms with Crippen LogP contribution >= 0.6 is 0 Å². The molecule has 16 heavy (non-hydrogen) atoms. The Hall–Kier alpha value is -2.29. The first-order valence-corrected chi connectivity index (χ1v) is 4.91. The van der Waals surface area contributed by atoms with Crippen LogP contribution in [0.4, 0.5) is 0 Å². The van der Waals surface area contributed by atoms with Crippen LogP contribution in [0.3, 0.4) is 0 Å². The number of furan rings is 1. The van der Waals surface area contributed by atoms with E-state index in [1.807, 2.05) is 12.1 Å². The Morgan fingerprint density at radius 3 is 2.69 bits per heavy atom. The lowest BCUT2D eigenvalue weighted by atomic mass is 10.1. The minimum absolute atomic E-state index is 0.105. The summed E-state index contributed by atoms with van der Waals surface area (Å²) in [5.74, 6) is 1.41. The van der Waals surface area contributed by atoms with Crippen LogP contribution in [0.15, 0.2) is 52.8 Å². The van der Waals surface area contributed by atoms with E-state index in [2.05, 4.69) is 0 Å². The van der Waals surface area contributed by atoms with Gasteiger partial charge in [0.25, 0.3) is 0 Å². The zero-order chi connectivity index (χ0) is 11.0. The summed E-state index contributed by atoms with van der Waals surface area (Å²) < 4.78 is 10.6. The molecule has 3 nitrogen and oxygen atoms in total. The molecule has 0 aliphatic carbocycles. The lowest BCUT2D eigenvalue weighted by molar-refractivity contribution is 0.101. The largest absolute Gasteiger partial charge is 0.465 e. The van der Waals surface area contributed by atoms with Crippen LogP contribution in [0.2, 0.25) is 0 Å². The molecule has 0 saturated heterocycles. The van der Waals surface area contributed by atoms with Gasteiger partial charge in [-0.1, -0.05) is 12.1 Å². The van der Waals surface area contributed by atoms with E-state index in [0.29, 0.717) is 22.8 Å². The first-order valence-electron chi connectivity index (χ1n) is 4.91. The second-order valence-corrected chi connectivity index (χ2v) is 3.45. The number of Topliss-reactive ketones (excluding diaryl/α,β-unsaturated/α-hetero) is 1. The number of hydrogen-bond acceptors (Lipinski definition) is 3. The van der Waals surface area contributed by atoms with E-state index in [1.54, 1.807) is 36.6 Å². The molecule has 0 unspecified atom stereocenters. The summed E-state index contributed by atoms with van der Waals surface area (Å²) in [5.41, 5.74) is 0.598. The predicted molar refractivity (Wildman–Crippen MR) is 58.1 cm³/mol. The summed E-state index contributed by atoms with van der Waals surface area (Å²) in [4.78, 5) is 11.9. The third-order valence-corrected chi connectivity index (χ3v) is 2.39. The van der Waals surface area contributed by atoms with Crippen molar-refractivity contribution in [1.29, 1.82) is 0 Å². The summed E-state index contributed by atoms with van der Waals surface area (Å²) in [7, 11) is 0. The SMILES string of the molecule is O=C1/C(=C\c2ccco2)Oc2ccccc21. The van der Waals surface area contributed by atoms with Gasteiger partial charge in [0, 0.05) is 6.08 Å². The number of hydrogen-bond donors (Lipinski definition) is 0. The number of fused-ring (bicyclic) bond motifs is 1. The third-order valence-electron chi connectivity index (χ3n) is 2.39. The van der Waals surface area contributed by atoms with Gasteiger partial charge in [0.15, 0.2) is 5.76 Å². The Bertz CT molecular complexity index is 565. The van der Waals surface area contributed by atoms with Crippen LogP contribution in [0.25, 0.3) is 6.08 Å². The fourth-order valence-corrected chi connectivity index (χ4v) is 1.64.